The number of hydrogen-bond donors (Lipinski definition) is 1. The molecule has 26 heavy (non-hydrogen) atoms. The molecule has 1 amide bonds. The second-order valence-corrected chi connectivity index (χ2v) is 6.30. The summed E-state index contributed by atoms with van der Waals surface area (Å²) in [6.45, 7) is 4.38. The molecule has 3 rings (SSSR count). The third-order valence-electron chi connectivity index (χ3n) is 4.43. The molecule has 0 saturated carbocycles. The molecule has 134 valence electrons. The molecule has 0 fully saturated rings. The number of aryl methyl sites for hydroxylation is 2. The van der Waals surface area contributed by atoms with Crippen LogP contribution in [0.5, 0.6) is 0 Å². The van der Waals surface area contributed by atoms with Crippen molar-refractivity contribution in [2.75, 3.05) is 0 Å². The van der Waals surface area contributed by atoms with E-state index in [0.717, 1.165) is 28.2 Å². The summed E-state index contributed by atoms with van der Waals surface area (Å²) < 4.78 is 15.1. The van der Waals surface area contributed by atoms with Crippen LogP contribution in [0.4, 0.5) is 4.39 Å². The zero-order valence-electron chi connectivity index (χ0n) is 15.0. The molecule has 0 atom stereocenters. The summed E-state index contributed by atoms with van der Waals surface area (Å²) in [5.74, 6) is -0.331. The summed E-state index contributed by atoms with van der Waals surface area (Å²) in [5, 5.41) is 7.53. The number of rotatable bonds is 6. The van der Waals surface area contributed by atoms with Crippen molar-refractivity contribution >= 4 is 5.91 Å². The molecule has 2 aromatic carbocycles. The Bertz CT molecular complexity index is 903. The van der Waals surface area contributed by atoms with Gasteiger partial charge in [0.2, 0.25) is 5.91 Å². The number of amides is 1. The highest BCUT2D eigenvalue weighted by Gasteiger charge is 2.13. The van der Waals surface area contributed by atoms with Crippen molar-refractivity contribution in [3.05, 3.63) is 82.9 Å². The van der Waals surface area contributed by atoms with Gasteiger partial charge < -0.3 is 5.32 Å². The van der Waals surface area contributed by atoms with E-state index in [0.29, 0.717) is 19.4 Å². The topological polar surface area (TPSA) is 46.9 Å². The highest BCUT2D eigenvalue weighted by molar-refractivity contribution is 5.76. The lowest BCUT2D eigenvalue weighted by Gasteiger charge is -2.07. The average molecular weight is 351 g/mol. The second kappa shape index (κ2) is 7.95. The van der Waals surface area contributed by atoms with Gasteiger partial charge in [-0.2, -0.15) is 5.10 Å². The smallest absolute Gasteiger partial charge is 0.220 e. The Morgan fingerprint density at radius 3 is 2.62 bits per heavy atom. The zero-order chi connectivity index (χ0) is 18.5. The van der Waals surface area contributed by atoms with Crippen molar-refractivity contribution in [1.82, 2.24) is 15.1 Å². The third kappa shape index (κ3) is 4.17. The van der Waals surface area contributed by atoms with Crippen molar-refractivity contribution < 1.29 is 9.18 Å². The van der Waals surface area contributed by atoms with Gasteiger partial charge in [-0.1, -0.05) is 30.3 Å². The first-order valence-corrected chi connectivity index (χ1v) is 8.66. The minimum atomic E-state index is -0.275. The van der Waals surface area contributed by atoms with Crippen LogP contribution in [0.15, 0.2) is 54.6 Å². The molecule has 0 bridgehead atoms. The second-order valence-electron chi connectivity index (χ2n) is 6.30. The average Bonchev–Trinajstić information content (AvgIpc) is 2.93. The number of carbonyl (C=O) groups is 1. The Kier molecular flexibility index (Phi) is 5.46. The highest BCUT2D eigenvalue weighted by Crippen LogP contribution is 2.17. The van der Waals surface area contributed by atoms with Crippen LogP contribution < -0.4 is 5.32 Å². The van der Waals surface area contributed by atoms with Gasteiger partial charge in [-0.25, -0.2) is 9.07 Å². The minimum absolute atomic E-state index is 0.0551. The summed E-state index contributed by atoms with van der Waals surface area (Å²) in [7, 11) is 0. The number of hydrogen-bond acceptors (Lipinski definition) is 2. The van der Waals surface area contributed by atoms with Crippen molar-refractivity contribution in [3.8, 4) is 5.69 Å². The largest absolute Gasteiger partial charge is 0.352 e. The summed E-state index contributed by atoms with van der Waals surface area (Å²) in [6.07, 6.45) is 0.846. The van der Waals surface area contributed by atoms with Crippen LogP contribution in [-0.2, 0) is 17.8 Å². The van der Waals surface area contributed by atoms with Gasteiger partial charge in [-0.15, -0.1) is 0 Å². The fourth-order valence-electron chi connectivity index (χ4n) is 2.98. The molecular formula is C21H22FN3O. The molecule has 0 aliphatic carbocycles. The summed E-state index contributed by atoms with van der Waals surface area (Å²) in [5.41, 5.74) is 4.75. The van der Waals surface area contributed by atoms with E-state index in [9.17, 15) is 9.18 Å². The van der Waals surface area contributed by atoms with Crippen LogP contribution in [0.1, 0.15) is 28.9 Å². The van der Waals surface area contributed by atoms with Crippen LogP contribution in [0, 0.1) is 19.7 Å². The van der Waals surface area contributed by atoms with Crippen molar-refractivity contribution in [3.63, 3.8) is 0 Å². The number of carbonyl (C=O) groups excluding carboxylic acids is 1. The van der Waals surface area contributed by atoms with Crippen LogP contribution in [-0.4, -0.2) is 15.7 Å². The van der Waals surface area contributed by atoms with E-state index in [2.05, 4.69) is 10.4 Å². The lowest BCUT2D eigenvalue weighted by atomic mass is 10.1. The molecule has 0 spiro atoms. The zero-order valence-corrected chi connectivity index (χ0v) is 15.0. The van der Waals surface area contributed by atoms with E-state index < -0.39 is 0 Å². The van der Waals surface area contributed by atoms with Crippen LogP contribution >= 0.6 is 0 Å². The van der Waals surface area contributed by atoms with Crippen molar-refractivity contribution in [1.29, 1.82) is 0 Å². The summed E-state index contributed by atoms with van der Waals surface area (Å²) in [6, 6.07) is 16.3. The molecule has 3 aromatic rings. The number of nitrogens with zero attached hydrogens (tertiary/aromatic N) is 2. The normalized spacial score (nSPS) is 10.7. The van der Waals surface area contributed by atoms with Gasteiger partial charge >= 0.3 is 0 Å². The van der Waals surface area contributed by atoms with Gasteiger partial charge in [0.05, 0.1) is 11.4 Å². The molecule has 0 saturated heterocycles. The van der Waals surface area contributed by atoms with E-state index in [1.807, 2.05) is 54.9 Å². The number of aromatic nitrogens is 2. The maximum atomic E-state index is 13.2. The summed E-state index contributed by atoms with van der Waals surface area (Å²) in [4.78, 5) is 12.1. The van der Waals surface area contributed by atoms with Gasteiger partial charge in [0.25, 0.3) is 0 Å². The van der Waals surface area contributed by atoms with Crippen molar-refractivity contribution in [2.24, 2.45) is 0 Å². The first-order valence-electron chi connectivity index (χ1n) is 8.66. The van der Waals surface area contributed by atoms with Crippen LogP contribution in [0.2, 0.25) is 0 Å². The molecule has 0 unspecified atom stereocenters. The maximum Gasteiger partial charge on any atom is 0.220 e. The molecule has 1 heterocycles. The molecule has 0 radical (unpaired) electrons. The molecule has 0 aliphatic rings. The standard InChI is InChI=1S/C21H22FN3O/c1-15-20(16(2)25(24-15)19-9-4-3-5-10-19)14-23-21(26)12-11-17-7-6-8-18(22)13-17/h3-10,13H,11-12,14H2,1-2H3,(H,23,26). The first-order chi connectivity index (χ1) is 12.5. The number of benzene rings is 2. The maximum absolute atomic E-state index is 13.2. The van der Waals surface area contributed by atoms with E-state index in [1.165, 1.54) is 12.1 Å². The SMILES string of the molecule is Cc1nn(-c2ccccc2)c(C)c1CNC(=O)CCc1cccc(F)c1. The van der Waals surface area contributed by atoms with Gasteiger partial charge in [-0.05, 0) is 50.1 Å². The summed E-state index contributed by atoms with van der Waals surface area (Å²) >= 11 is 0. The Morgan fingerprint density at radius 1 is 1.12 bits per heavy atom. The molecule has 1 N–H and O–H groups in total. The Balaban J connectivity index is 1.61. The number of halogens is 1. The number of nitrogens with one attached hydrogen (secondary N) is 1. The molecule has 1 aromatic heterocycles. The monoisotopic (exact) mass is 351 g/mol. The van der Waals surface area contributed by atoms with Gasteiger partial charge in [-0.3, -0.25) is 4.79 Å². The lowest BCUT2D eigenvalue weighted by molar-refractivity contribution is -0.121. The molecular weight excluding hydrogens is 329 g/mol. The fourth-order valence-corrected chi connectivity index (χ4v) is 2.98. The van der Waals surface area contributed by atoms with Crippen LogP contribution in [0.25, 0.3) is 5.69 Å². The Hall–Kier alpha value is -2.95. The number of para-hydroxylation sites is 1. The quantitative estimate of drug-likeness (QED) is 0.733. The fraction of sp³-hybridized carbons (Fsp3) is 0.238. The van der Waals surface area contributed by atoms with E-state index in [4.69, 9.17) is 0 Å². The predicted octanol–water partition coefficient (Wildman–Crippen LogP) is 3.88. The van der Waals surface area contributed by atoms with Gasteiger partial charge in [0, 0.05) is 24.2 Å². The predicted molar refractivity (Wildman–Crippen MR) is 99.6 cm³/mol. The van der Waals surface area contributed by atoms with E-state index in [1.54, 1.807) is 6.07 Å². The molecule has 0 aliphatic heterocycles. The van der Waals surface area contributed by atoms with E-state index >= 15 is 0 Å². The molecule has 5 heteroatoms. The molecule has 4 nitrogen and oxygen atoms in total. The van der Waals surface area contributed by atoms with Crippen molar-refractivity contribution in [2.45, 2.75) is 33.2 Å². The Labute approximate surface area is 152 Å². The van der Waals surface area contributed by atoms with Crippen LogP contribution in [0.3, 0.4) is 0 Å². The third-order valence-corrected chi connectivity index (χ3v) is 4.43. The Morgan fingerprint density at radius 2 is 1.88 bits per heavy atom. The van der Waals surface area contributed by atoms with Gasteiger partial charge in [0.15, 0.2) is 0 Å². The van der Waals surface area contributed by atoms with Gasteiger partial charge in [0.1, 0.15) is 5.82 Å². The minimum Gasteiger partial charge on any atom is -0.352 e. The van der Waals surface area contributed by atoms with E-state index in [-0.39, 0.29) is 11.7 Å². The highest BCUT2D eigenvalue weighted by atomic mass is 19.1. The lowest BCUT2D eigenvalue weighted by Crippen LogP contribution is -2.23. The first kappa shape index (κ1) is 17.9.